The molecule has 0 fully saturated rings. The monoisotopic (exact) mass is 1290 g/mol. The van der Waals surface area contributed by atoms with E-state index < -0.39 is 0 Å². The zero-order valence-electron chi connectivity index (χ0n) is 55.6. The van der Waals surface area contributed by atoms with Crippen LogP contribution in [0.3, 0.4) is 0 Å². The van der Waals surface area contributed by atoms with Crippen molar-refractivity contribution < 1.29 is 0 Å². The lowest BCUT2D eigenvalue weighted by atomic mass is 9.96. The van der Waals surface area contributed by atoms with Crippen molar-refractivity contribution in [1.29, 1.82) is 0 Å². The van der Waals surface area contributed by atoms with Gasteiger partial charge in [-0.3, -0.25) is 0 Å². The van der Waals surface area contributed by atoms with Gasteiger partial charge in [0.15, 0.2) is 0 Å². The van der Waals surface area contributed by atoms with Crippen molar-refractivity contribution in [3.05, 3.63) is 376 Å². The van der Waals surface area contributed by atoms with Crippen molar-refractivity contribution in [3.8, 4) is 89.5 Å². The molecule has 0 radical (unpaired) electrons. The number of fused-ring (bicyclic) bond motifs is 15. The molecular formula is C98H62N4. The molecule has 0 bridgehead atoms. The van der Waals surface area contributed by atoms with E-state index >= 15 is 0 Å². The van der Waals surface area contributed by atoms with Crippen LogP contribution in [-0.2, 0) is 0 Å². The Hall–Kier alpha value is -13.5. The normalized spacial score (nSPS) is 11.9. The zero-order valence-corrected chi connectivity index (χ0v) is 55.6. The molecule has 4 heteroatoms. The highest BCUT2D eigenvalue weighted by Crippen LogP contribution is 2.44. The van der Waals surface area contributed by atoms with E-state index in [0.29, 0.717) is 0 Å². The second-order valence-corrected chi connectivity index (χ2v) is 27.2. The Bertz CT molecular complexity index is 6970. The number of para-hydroxylation sites is 3. The summed E-state index contributed by atoms with van der Waals surface area (Å²) in [5.41, 5.74) is 28.2. The minimum Gasteiger partial charge on any atom is -0.309 e. The fourth-order valence-corrected chi connectivity index (χ4v) is 16.6. The van der Waals surface area contributed by atoms with E-state index in [9.17, 15) is 0 Å². The quantitative estimate of drug-likeness (QED) is 0.122. The van der Waals surface area contributed by atoms with Crippen LogP contribution in [0.2, 0.25) is 0 Å². The molecule has 0 aliphatic rings. The molecule has 0 aliphatic heterocycles. The van der Waals surface area contributed by atoms with Crippen molar-refractivity contribution in [1.82, 2.24) is 18.3 Å². The highest BCUT2D eigenvalue weighted by molar-refractivity contribution is 6.17. The predicted molar refractivity (Wildman–Crippen MR) is 431 cm³/mol. The maximum absolute atomic E-state index is 2.48. The number of hydrogen-bond donors (Lipinski definition) is 0. The molecule has 21 rings (SSSR count). The molecular weight excluding hydrogens is 1230 g/mol. The van der Waals surface area contributed by atoms with Crippen LogP contribution in [0.1, 0.15) is 0 Å². The third kappa shape index (κ3) is 9.24. The first-order chi connectivity index (χ1) is 50.5. The fourth-order valence-electron chi connectivity index (χ4n) is 16.6. The second-order valence-electron chi connectivity index (χ2n) is 27.2. The van der Waals surface area contributed by atoms with Crippen LogP contribution in [-0.4, -0.2) is 18.3 Å². The van der Waals surface area contributed by atoms with Gasteiger partial charge in [0.25, 0.3) is 0 Å². The number of aromatic nitrogens is 4. The molecule has 4 heterocycles. The van der Waals surface area contributed by atoms with Gasteiger partial charge in [-0.2, -0.15) is 0 Å². The molecule has 0 spiro atoms. The Morgan fingerprint density at radius 1 is 0.118 bits per heavy atom. The maximum atomic E-state index is 2.48. The smallest absolute Gasteiger partial charge is 0.0547 e. The summed E-state index contributed by atoms with van der Waals surface area (Å²) in [7, 11) is 0. The Morgan fingerprint density at radius 2 is 0.382 bits per heavy atom. The van der Waals surface area contributed by atoms with E-state index in [2.05, 4.69) is 394 Å². The minimum absolute atomic E-state index is 1.12. The fraction of sp³-hybridized carbons (Fsp3) is 0. The van der Waals surface area contributed by atoms with Gasteiger partial charge in [0.2, 0.25) is 0 Å². The van der Waals surface area contributed by atoms with Gasteiger partial charge in [0.05, 0.1) is 44.1 Å². The van der Waals surface area contributed by atoms with Crippen molar-refractivity contribution in [2.45, 2.75) is 0 Å². The number of nitrogens with zero attached hydrogens (tertiary/aromatic N) is 4. The Balaban J connectivity index is 0.664. The molecule has 4 aromatic heterocycles. The largest absolute Gasteiger partial charge is 0.309 e. The maximum Gasteiger partial charge on any atom is 0.0547 e. The first-order valence-electron chi connectivity index (χ1n) is 35.2. The summed E-state index contributed by atoms with van der Waals surface area (Å²) in [5.74, 6) is 0. The summed E-state index contributed by atoms with van der Waals surface area (Å²) >= 11 is 0. The van der Waals surface area contributed by atoms with Gasteiger partial charge in [-0.1, -0.05) is 249 Å². The van der Waals surface area contributed by atoms with Gasteiger partial charge in [-0.25, -0.2) is 0 Å². The molecule has 4 nitrogen and oxygen atoms in total. The van der Waals surface area contributed by atoms with Gasteiger partial charge in [0.1, 0.15) is 0 Å². The van der Waals surface area contributed by atoms with Crippen molar-refractivity contribution >= 4 is 109 Å². The Morgan fingerprint density at radius 3 is 0.843 bits per heavy atom. The third-order valence-electron chi connectivity index (χ3n) is 21.5. The molecule has 102 heavy (non-hydrogen) atoms. The van der Waals surface area contributed by atoms with Gasteiger partial charge in [-0.15, -0.1) is 0 Å². The average Bonchev–Trinajstić information content (AvgIpc) is 1.59. The van der Waals surface area contributed by atoms with Crippen molar-refractivity contribution in [2.75, 3.05) is 0 Å². The SMILES string of the molecule is c1ccc(-c2ccc(-n3c4ccccc4c4cc(-c5ccc6c(c5)c5ccccc5n6-c5ccc6ccc7ccc(-c8ccc9c%10cc(-c%11ccc%12c(c%11)c%11ccccc%11n%12-c%11cccc(-c%12ccccc%12)c%11)ccc%10n(-c%10cccc(-c%11ccccc%11)c%10)c9c8)cc7c6c5)ccc43)cc2)cc1. The van der Waals surface area contributed by atoms with E-state index in [1.807, 2.05) is 0 Å². The molecule has 17 aromatic carbocycles. The summed E-state index contributed by atoms with van der Waals surface area (Å²) in [6.07, 6.45) is 0. The lowest BCUT2D eigenvalue weighted by molar-refractivity contribution is 1.18. The van der Waals surface area contributed by atoms with Crippen molar-refractivity contribution in [3.63, 3.8) is 0 Å². The van der Waals surface area contributed by atoms with Crippen LogP contribution in [0.5, 0.6) is 0 Å². The van der Waals surface area contributed by atoms with Gasteiger partial charge >= 0.3 is 0 Å². The van der Waals surface area contributed by atoms with E-state index in [-0.39, 0.29) is 0 Å². The molecule has 474 valence electrons. The first kappa shape index (κ1) is 57.5. The van der Waals surface area contributed by atoms with Gasteiger partial charge in [0, 0.05) is 65.8 Å². The summed E-state index contributed by atoms with van der Waals surface area (Å²) in [5, 5.41) is 14.7. The van der Waals surface area contributed by atoms with Crippen molar-refractivity contribution in [2.24, 2.45) is 0 Å². The van der Waals surface area contributed by atoms with Crippen LogP contribution < -0.4 is 0 Å². The number of hydrogen-bond acceptors (Lipinski definition) is 0. The summed E-state index contributed by atoms with van der Waals surface area (Å²) in [6, 6.07) is 139. The lowest BCUT2D eigenvalue weighted by Gasteiger charge is -2.13. The summed E-state index contributed by atoms with van der Waals surface area (Å²) in [4.78, 5) is 0. The summed E-state index contributed by atoms with van der Waals surface area (Å²) < 4.78 is 9.77. The molecule has 0 aliphatic carbocycles. The second kappa shape index (κ2) is 23.0. The molecule has 0 saturated carbocycles. The highest BCUT2D eigenvalue weighted by Gasteiger charge is 2.21. The molecule has 21 aromatic rings. The minimum atomic E-state index is 1.12. The van der Waals surface area contributed by atoms with Crippen LogP contribution >= 0.6 is 0 Å². The van der Waals surface area contributed by atoms with Gasteiger partial charge < -0.3 is 18.3 Å². The Kier molecular flexibility index (Phi) is 13.0. The van der Waals surface area contributed by atoms with Crippen LogP contribution in [0.25, 0.3) is 198 Å². The van der Waals surface area contributed by atoms with Crippen LogP contribution in [0.15, 0.2) is 376 Å². The third-order valence-corrected chi connectivity index (χ3v) is 21.5. The number of rotatable bonds is 10. The van der Waals surface area contributed by atoms with E-state index in [1.165, 1.54) is 159 Å². The first-order valence-corrected chi connectivity index (χ1v) is 35.2. The molecule has 0 atom stereocenters. The molecule has 0 N–H and O–H groups in total. The standard InChI is InChI=1S/C98H62N4/c1-4-18-63(19-5-1)66-38-46-77(47-39-66)99-91-31-13-10-28-81(91)87-57-72(42-50-94(87)99)73-44-52-96-89(59-73)83-30-12-15-33-93(83)101(96)80-48-40-68-35-34-67-36-37-71(56-85(67)86(68)62-80)76-41-49-84-90-60-75(45-53-97(90)102(98(84)61-76)79-27-17-25-70(55-79)65-22-8-3-9-23-65)74-43-51-95-88(58-74)82-29-11-14-32-92(82)100(95)78-26-16-24-69(54-78)64-20-6-2-7-21-64/h1-62H. The molecule has 0 unspecified atom stereocenters. The topological polar surface area (TPSA) is 19.7 Å². The molecule has 0 amide bonds. The summed E-state index contributed by atoms with van der Waals surface area (Å²) in [6.45, 7) is 0. The Labute approximate surface area is 588 Å². The van der Waals surface area contributed by atoms with E-state index in [1.54, 1.807) is 0 Å². The predicted octanol–water partition coefficient (Wildman–Crippen LogP) is 26.4. The van der Waals surface area contributed by atoms with E-state index in [4.69, 9.17) is 0 Å². The zero-order chi connectivity index (χ0) is 66.9. The number of benzene rings is 17. The van der Waals surface area contributed by atoms with Crippen LogP contribution in [0, 0.1) is 0 Å². The highest BCUT2D eigenvalue weighted by atomic mass is 15.0. The average molecular weight is 1300 g/mol. The van der Waals surface area contributed by atoms with Gasteiger partial charge in [-0.05, 0) is 216 Å². The lowest BCUT2D eigenvalue weighted by Crippen LogP contribution is -1.95. The van der Waals surface area contributed by atoms with Crippen LogP contribution in [0.4, 0.5) is 0 Å². The van der Waals surface area contributed by atoms with E-state index in [0.717, 1.165) is 39.3 Å². The molecule has 0 saturated heterocycles.